The highest BCUT2D eigenvalue weighted by Gasteiger charge is 2.39. The minimum Gasteiger partial charge on any atom is -0.355 e. The van der Waals surface area contributed by atoms with Gasteiger partial charge in [0.15, 0.2) is 5.79 Å². The van der Waals surface area contributed by atoms with Crippen molar-refractivity contribution in [2.24, 2.45) is 0 Å². The number of halogens is 1. The molecule has 1 amide bonds. The average molecular weight is 339 g/mol. The van der Waals surface area contributed by atoms with Crippen molar-refractivity contribution in [2.75, 3.05) is 39.4 Å². The van der Waals surface area contributed by atoms with E-state index in [1.807, 2.05) is 24.3 Å². The van der Waals surface area contributed by atoms with Crippen molar-refractivity contribution in [3.05, 3.63) is 34.9 Å². The van der Waals surface area contributed by atoms with E-state index in [2.05, 4.69) is 10.2 Å². The zero-order valence-electron chi connectivity index (χ0n) is 13.2. The van der Waals surface area contributed by atoms with Crippen LogP contribution in [0, 0.1) is 0 Å². The van der Waals surface area contributed by atoms with E-state index in [1.54, 1.807) is 0 Å². The second-order valence-electron chi connectivity index (χ2n) is 6.11. The molecule has 2 saturated heterocycles. The molecule has 1 N–H and O–H groups in total. The van der Waals surface area contributed by atoms with Gasteiger partial charge in [0.2, 0.25) is 5.91 Å². The maximum absolute atomic E-state index is 12.0. The normalized spacial score (nSPS) is 20.7. The van der Waals surface area contributed by atoms with E-state index in [9.17, 15) is 4.79 Å². The van der Waals surface area contributed by atoms with Crippen molar-refractivity contribution in [1.29, 1.82) is 0 Å². The number of benzene rings is 1. The van der Waals surface area contributed by atoms with Crippen LogP contribution in [0.2, 0.25) is 5.02 Å². The summed E-state index contributed by atoms with van der Waals surface area (Å²) in [6.45, 7) is 4.10. The fourth-order valence-electron chi connectivity index (χ4n) is 3.14. The third-order valence-electron chi connectivity index (χ3n) is 4.42. The lowest BCUT2D eigenvalue weighted by Gasteiger charge is -2.37. The Morgan fingerprint density at radius 1 is 1.26 bits per heavy atom. The van der Waals surface area contributed by atoms with Crippen molar-refractivity contribution >= 4 is 17.5 Å². The van der Waals surface area contributed by atoms with Gasteiger partial charge in [0, 0.05) is 37.5 Å². The Balaban J connectivity index is 1.35. The first kappa shape index (κ1) is 16.7. The van der Waals surface area contributed by atoms with Gasteiger partial charge in [0.25, 0.3) is 0 Å². The molecule has 0 bridgehead atoms. The molecule has 0 radical (unpaired) electrons. The van der Waals surface area contributed by atoms with E-state index in [0.717, 1.165) is 42.9 Å². The van der Waals surface area contributed by atoms with E-state index in [1.165, 1.54) is 0 Å². The van der Waals surface area contributed by atoms with Crippen molar-refractivity contribution in [3.63, 3.8) is 0 Å². The number of carbonyl (C=O) groups is 1. The number of carbonyl (C=O) groups excluding carboxylic acids is 1. The molecule has 0 unspecified atom stereocenters. The first-order valence-electron chi connectivity index (χ1n) is 8.17. The van der Waals surface area contributed by atoms with Crippen molar-refractivity contribution in [2.45, 2.75) is 25.0 Å². The molecular weight excluding hydrogens is 316 g/mol. The Morgan fingerprint density at radius 3 is 2.70 bits per heavy atom. The van der Waals surface area contributed by atoms with E-state index in [4.69, 9.17) is 21.1 Å². The molecule has 2 fully saturated rings. The predicted octanol–water partition coefficient (Wildman–Crippen LogP) is 1.84. The quantitative estimate of drug-likeness (QED) is 0.890. The van der Waals surface area contributed by atoms with E-state index in [-0.39, 0.29) is 11.7 Å². The molecule has 5 nitrogen and oxygen atoms in total. The van der Waals surface area contributed by atoms with Gasteiger partial charge < -0.3 is 14.8 Å². The molecular formula is C17H23ClN2O3. The van der Waals surface area contributed by atoms with Crippen molar-refractivity contribution < 1.29 is 14.3 Å². The molecule has 126 valence electrons. The monoisotopic (exact) mass is 338 g/mol. The van der Waals surface area contributed by atoms with Crippen LogP contribution in [-0.2, 0) is 20.7 Å². The van der Waals surface area contributed by atoms with Crippen LogP contribution in [0.25, 0.3) is 0 Å². The van der Waals surface area contributed by atoms with Gasteiger partial charge in [0.1, 0.15) is 0 Å². The summed E-state index contributed by atoms with van der Waals surface area (Å²) in [5.74, 6) is -0.309. The molecule has 23 heavy (non-hydrogen) atoms. The first-order chi connectivity index (χ1) is 11.2. The van der Waals surface area contributed by atoms with Crippen LogP contribution in [0.1, 0.15) is 18.4 Å². The smallest absolute Gasteiger partial charge is 0.234 e. The predicted molar refractivity (Wildman–Crippen MR) is 88.5 cm³/mol. The lowest BCUT2D eigenvalue weighted by molar-refractivity contribution is -0.185. The third-order valence-corrected chi connectivity index (χ3v) is 4.66. The lowest BCUT2D eigenvalue weighted by atomic mass is 10.0. The number of rotatable bonds is 5. The van der Waals surface area contributed by atoms with Crippen LogP contribution in [0.5, 0.6) is 0 Å². The summed E-state index contributed by atoms with van der Waals surface area (Å²) in [7, 11) is 0. The van der Waals surface area contributed by atoms with Gasteiger partial charge in [0.05, 0.1) is 19.8 Å². The number of nitrogens with zero attached hydrogens (tertiary/aromatic N) is 1. The molecule has 3 rings (SSSR count). The van der Waals surface area contributed by atoms with E-state index in [0.29, 0.717) is 26.3 Å². The summed E-state index contributed by atoms with van der Waals surface area (Å²) in [4.78, 5) is 14.2. The molecule has 0 saturated carbocycles. The third kappa shape index (κ3) is 4.67. The molecule has 1 spiro atoms. The number of likely N-dealkylation sites (tertiary alicyclic amines) is 1. The Morgan fingerprint density at radius 2 is 2.00 bits per heavy atom. The number of hydrogen-bond acceptors (Lipinski definition) is 4. The van der Waals surface area contributed by atoms with Crippen LogP contribution in [0.4, 0.5) is 0 Å². The largest absolute Gasteiger partial charge is 0.355 e. The van der Waals surface area contributed by atoms with Gasteiger partial charge >= 0.3 is 0 Å². The van der Waals surface area contributed by atoms with Crippen LogP contribution in [0.15, 0.2) is 24.3 Å². The van der Waals surface area contributed by atoms with Crippen LogP contribution >= 0.6 is 11.6 Å². The van der Waals surface area contributed by atoms with Gasteiger partial charge in [-0.25, -0.2) is 0 Å². The minimum atomic E-state index is -0.375. The average Bonchev–Trinajstić information content (AvgIpc) is 2.98. The molecule has 0 aliphatic carbocycles. The van der Waals surface area contributed by atoms with Crippen LogP contribution in [-0.4, -0.2) is 56.0 Å². The lowest BCUT2D eigenvalue weighted by Crippen LogP contribution is -2.48. The Bertz CT molecular complexity index is 536. The molecule has 1 aromatic rings. The Labute approximate surface area is 141 Å². The highest BCUT2D eigenvalue weighted by Crippen LogP contribution is 2.30. The number of nitrogens with one attached hydrogen (secondary N) is 1. The van der Waals surface area contributed by atoms with Gasteiger partial charge in [-0.15, -0.1) is 0 Å². The highest BCUT2D eigenvalue weighted by molar-refractivity contribution is 6.30. The second-order valence-corrected chi connectivity index (χ2v) is 6.55. The molecule has 0 atom stereocenters. The summed E-state index contributed by atoms with van der Waals surface area (Å²) in [6, 6.07) is 7.73. The molecule has 2 aliphatic heterocycles. The summed E-state index contributed by atoms with van der Waals surface area (Å²) in [5.41, 5.74) is 1.13. The number of amides is 1. The minimum absolute atomic E-state index is 0.0660. The van der Waals surface area contributed by atoms with Crippen LogP contribution in [0.3, 0.4) is 0 Å². The van der Waals surface area contributed by atoms with Gasteiger partial charge in [-0.3, -0.25) is 9.69 Å². The fourth-order valence-corrected chi connectivity index (χ4v) is 3.35. The maximum atomic E-state index is 12.0. The summed E-state index contributed by atoms with van der Waals surface area (Å²) < 4.78 is 11.4. The highest BCUT2D eigenvalue weighted by atomic mass is 35.5. The topological polar surface area (TPSA) is 50.8 Å². The molecule has 2 aliphatic rings. The fraction of sp³-hybridized carbons (Fsp3) is 0.588. The standard InChI is InChI=1S/C17H23ClN2O3/c18-15-3-1-2-14(12-15)4-7-19-16(21)13-20-8-5-17(6-9-20)22-10-11-23-17/h1-3,12H,4-11,13H2,(H,19,21). The number of hydrogen-bond donors (Lipinski definition) is 1. The molecule has 2 heterocycles. The molecule has 6 heteroatoms. The first-order valence-corrected chi connectivity index (χ1v) is 8.54. The van der Waals surface area contributed by atoms with Gasteiger partial charge in [-0.2, -0.15) is 0 Å². The second kappa shape index (κ2) is 7.62. The van der Waals surface area contributed by atoms with Gasteiger partial charge in [-0.1, -0.05) is 23.7 Å². The van der Waals surface area contributed by atoms with E-state index < -0.39 is 0 Å². The number of ether oxygens (including phenoxy) is 2. The van der Waals surface area contributed by atoms with E-state index >= 15 is 0 Å². The van der Waals surface area contributed by atoms with Crippen LogP contribution < -0.4 is 5.32 Å². The Hall–Kier alpha value is -1.14. The molecule has 0 aromatic heterocycles. The zero-order chi connectivity index (χ0) is 16.1. The summed E-state index contributed by atoms with van der Waals surface area (Å²) >= 11 is 5.95. The van der Waals surface area contributed by atoms with Gasteiger partial charge in [-0.05, 0) is 24.1 Å². The summed E-state index contributed by atoms with van der Waals surface area (Å²) in [6.07, 6.45) is 2.46. The zero-order valence-corrected chi connectivity index (χ0v) is 14.0. The maximum Gasteiger partial charge on any atom is 0.234 e. The van der Waals surface area contributed by atoms with Crippen molar-refractivity contribution in [3.8, 4) is 0 Å². The summed E-state index contributed by atoms with van der Waals surface area (Å²) in [5, 5.41) is 3.70. The number of piperidine rings is 1. The Kier molecular flexibility index (Phi) is 5.54. The molecule has 1 aromatic carbocycles. The van der Waals surface area contributed by atoms with Crippen molar-refractivity contribution in [1.82, 2.24) is 10.2 Å². The SMILES string of the molecule is O=C(CN1CCC2(CC1)OCCO2)NCCc1cccc(Cl)c1.